The molecule has 0 aliphatic carbocycles. The SMILES string of the molecule is Cc1ccc(NC(=O)c2ccc(N3CCN(c4ccccn4)CC3)nn2)c(C)c1. The Bertz CT molecular complexity index is 982. The number of carbonyl (C=O) groups is 1. The number of amides is 1. The zero-order chi connectivity index (χ0) is 20.2. The normalized spacial score (nSPS) is 14.0. The van der Waals surface area contributed by atoms with Gasteiger partial charge in [-0.1, -0.05) is 23.8 Å². The van der Waals surface area contributed by atoms with Crippen molar-refractivity contribution in [2.45, 2.75) is 13.8 Å². The number of aromatic nitrogens is 3. The highest BCUT2D eigenvalue weighted by molar-refractivity contribution is 6.03. The van der Waals surface area contributed by atoms with E-state index >= 15 is 0 Å². The molecular formula is C22H24N6O. The van der Waals surface area contributed by atoms with E-state index in [-0.39, 0.29) is 5.91 Å². The highest BCUT2D eigenvalue weighted by atomic mass is 16.1. The second kappa shape index (κ2) is 8.26. The molecule has 1 fully saturated rings. The van der Waals surface area contributed by atoms with Gasteiger partial charge in [0.25, 0.3) is 5.91 Å². The maximum Gasteiger partial charge on any atom is 0.276 e. The van der Waals surface area contributed by atoms with Gasteiger partial charge in [-0.15, -0.1) is 10.2 Å². The Hall–Kier alpha value is -3.48. The lowest BCUT2D eigenvalue weighted by atomic mass is 10.1. The predicted octanol–water partition coefficient (Wildman–Crippen LogP) is 3.07. The van der Waals surface area contributed by atoms with Crippen LogP contribution in [-0.2, 0) is 0 Å². The molecular weight excluding hydrogens is 364 g/mol. The molecule has 3 heterocycles. The predicted molar refractivity (Wildman–Crippen MR) is 115 cm³/mol. The summed E-state index contributed by atoms with van der Waals surface area (Å²) in [6.07, 6.45) is 1.81. The zero-order valence-electron chi connectivity index (χ0n) is 16.7. The first-order valence-corrected chi connectivity index (χ1v) is 9.73. The van der Waals surface area contributed by atoms with Gasteiger partial charge in [-0.2, -0.15) is 0 Å². The summed E-state index contributed by atoms with van der Waals surface area (Å²) in [5, 5.41) is 11.3. The van der Waals surface area contributed by atoms with Crippen molar-refractivity contribution in [1.29, 1.82) is 0 Å². The Morgan fingerprint density at radius 3 is 2.28 bits per heavy atom. The van der Waals surface area contributed by atoms with Gasteiger partial charge in [0.1, 0.15) is 5.82 Å². The average molecular weight is 388 g/mol. The first kappa shape index (κ1) is 18.9. The summed E-state index contributed by atoms with van der Waals surface area (Å²) in [5.74, 6) is 1.53. The highest BCUT2D eigenvalue weighted by Gasteiger charge is 2.20. The minimum atomic E-state index is -0.254. The van der Waals surface area contributed by atoms with Gasteiger partial charge in [-0.3, -0.25) is 4.79 Å². The van der Waals surface area contributed by atoms with E-state index in [1.54, 1.807) is 6.07 Å². The molecule has 0 bridgehead atoms. The van der Waals surface area contributed by atoms with Crippen molar-refractivity contribution < 1.29 is 4.79 Å². The molecule has 7 heteroatoms. The summed E-state index contributed by atoms with van der Waals surface area (Å²) in [7, 11) is 0. The monoisotopic (exact) mass is 388 g/mol. The minimum Gasteiger partial charge on any atom is -0.353 e. The number of piperazine rings is 1. The van der Waals surface area contributed by atoms with Crippen molar-refractivity contribution in [3.8, 4) is 0 Å². The number of nitrogens with zero attached hydrogens (tertiary/aromatic N) is 5. The second-order valence-corrected chi connectivity index (χ2v) is 7.21. The molecule has 148 valence electrons. The van der Waals surface area contributed by atoms with E-state index in [0.717, 1.165) is 54.6 Å². The molecule has 2 aromatic heterocycles. The number of hydrogen-bond donors (Lipinski definition) is 1. The topological polar surface area (TPSA) is 74.2 Å². The van der Waals surface area contributed by atoms with Crippen LogP contribution in [0.3, 0.4) is 0 Å². The lowest BCUT2D eigenvalue weighted by molar-refractivity contribution is 0.102. The minimum absolute atomic E-state index is 0.254. The molecule has 1 aromatic carbocycles. The smallest absolute Gasteiger partial charge is 0.276 e. The van der Waals surface area contributed by atoms with Crippen molar-refractivity contribution in [3.05, 3.63) is 71.5 Å². The number of carbonyl (C=O) groups excluding carboxylic acids is 1. The zero-order valence-corrected chi connectivity index (χ0v) is 16.7. The number of hydrogen-bond acceptors (Lipinski definition) is 6. The summed E-state index contributed by atoms with van der Waals surface area (Å²) in [6.45, 7) is 7.40. The molecule has 1 aliphatic heterocycles. The molecule has 1 saturated heterocycles. The van der Waals surface area contributed by atoms with Gasteiger partial charge < -0.3 is 15.1 Å². The van der Waals surface area contributed by atoms with Crippen molar-refractivity contribution in [3.63, 3.8) is 0 Å². The van der Waals surface area contributed by atoms with Gasteiger partial charge in [0.2, 0.25) is 0 Å². The molecule has 3 aromatic rings. The van der Waals surface area contributed by atoms with Crippen LogP contribution in [0.5, 0.6) is 0 Å². The van der Waals surface area contributed by atoms with Crippen molar-refractivity contribution in [2.24, 2.45) is 0 Å². The number of rotatable bonds is 4. The summed E-state index contributed by atoms with van der Waals surface area (Å²) in [5.41, 5.74) is 3.28. The first-order chi connectivity index (χ1) is 14.1. The maximum absolute atomic E-state index is 12.5. The maximum atomic E-state index is 12.5. The van der Waals surface area contributed by atoms with Crippen LogP contribution < -0.4 is 15.1 Å². The van der Waals surface area contributed by atoms with Gasteiger partial charge in [-0.05, 0) is 49.7 Å². The number of pyridine rings is 1. The van der Waals surface area contributed by atoms with Crippen molar-refractivity contribution in [2.75, 3.05) is 41.3 Å². The summed E-state index contributed by atoms with van der Waals surface area (Å²) in [4.78, 5) is 21.3. The third kappa shape index (κ3) is 4.34. The Kier molecular flexibility index (Phi) is 5.37. The Balaban J connectivity index is 1.37. The molecule has 0 atom stereocenters. The van der Waals surface area contributed by atoms with Gasteiger partial charge in [-0.25, -0.2) is 4.98 Å². The van der Waals surface area contributed by atoms with Gasteiger partial charge in [0.05, 0.1) is 0 Å². The molecule has 29 heavy (non-hydrogen) atoms. The number of benzene rings is 1. The largest absolute Gasteiger partial charge is 0.353 e. The van der Waals surface area contributed by atoms with Crippen LogP contribution in [0, 0.1) is 13.8 Å². The summed E-state index contributed by atoms with van der Waals surface area (Å²) < 4.78 is 0. The van der Waals surface area contributed by atoms with Crippen molar-refractivity contribution in [1.82, 2.24) is 15.2 Å². The standard InChI is InChI=1S/C22H24N6O/c1-16-6-7-18(17(2)15-16)24-22(29)19-8-9-21(26-25-19)28-13-11-27(12-14-28)20-5-3-4-10-23-20/h3-10,15H,11-14H2,1-2H3,(H,24,29). The van der Waals surface area contributed by atoms with Crippen LogP contribution >= 0.6 is 0 Å². The number of anilines is 3. The molecule has 0 saturated carbocycles. The van der Waals surface area contributed by atoms with Crippen LogP contribution in [0.1, 0.15) is 21.6 Å². The summed E-state index contributed by atoms with van der Waals surface area (Å²) in [6, 6.07) is 15.5. The van der Waals surface area contributed by atoms with Gasteiger partial charge in [0.15, 0.2) is 11.5 Å². The molecule has 7 nitrogen and oxygen atoms in total. The van der Waals surface area contributed by atoms with E-state index < -0.39 is 0 Å². The molecule has 0 spiro atoms. The van der Waals surface area contributed by atoms with E-state index in [9.17, 15) is 4.79 Å². The lowest BCUT2D eigenvalue weighted by Gasteiger charge is -2.35. The fraction of sp³-hybridized carbons (Fsp3) is 0.273. The molecule has 1 N–H and O–H groups in total. The third-order valence-corrected chi connectivity index (χ3v) is 5.09. The van der Waals surface area contributed by atoms with Crippen LogP contribution in [-0.4, -0.2) is 47.3 Å². The third-order valence-electron chi connectivity index (χ3n) is 5.09. The van der Waals surface area contributed by atoms with E-state index in [1.807, 2.05) is 62.5 Å². The number of aryl methyl sites for hydroxylation is 2. The van der Waals surface area contributed by atoms with Crippen LogP contribution in [0.15, 0.2) is 54.7 Å². The fourth-order valence-electron chi connectivity index (χ4n) is 3.46. The van der Waals surface area contributed by atoms with E-state index in [4.69, 9.17) is 0 Å². The molecule has 0 radical (unpaired) electrons. The Labute approximate surface area is 170 Å². The fourth-order valence-corrected chi connectivity index (χ4v) is 3.46. The quantitative estimate of drug-likeness (QED) is 0.740. The molecule has 1 aliphatic rings. The Morgan fingerprint density at radius 1 is 0.897 bits per heavy atom. The molecule has 1 amide bonds. The van der Waals surface area contributed by atoms with Crippen LogP contribution in [0.2, 0.25) is 0 Å². The van der Waals surface area contributed by atoms with Gasteiger partial charge in [0, 0.05) is 38.1 Å². The van der Waals surface area contributed by atoms with Crippen LogP contribution in [0.25, 0.3) is 0 Å². The lowest BCUT2D eigenvalue weighted by Crippen LogP contribution is -2.47. The highest BCUT2D eigenvalue weighted by Crippen LogP contribution is 2.19. The van der Waals surface area contributed by atoms with Gasteiger partial charge >= 0.3 is 0 Å². The van der Waals surface area contributed by atoms with Crippen molar-refractivity contribution >= 4 is 23.2 Å². The molecule has 4 rings (SSSR count). The first-order valence-electron chi connectivity index (χ1n) is 9.73. The second-order valence-electron chi connectivity index (χ2n) is 7.21. The summed E-state index contributed by atoms with van der Waals surface area (Å²) >= 11 is 0. The van der Waals surface area contributed by atoms with E-state index in [0.29, 0.717) is 5.69 Å². The van der Waals surface area contributed by atoms with E-state index in [1.165, 1.54) is 0 Å². The van der Waals surface area contributed by atoms with E-state index in [2.05, 4.69) is 30.3 Å². The van der Waals surface area contributed by atoms with Crippen LogP contribution in [0.4, 0.5) is 17.3 Å². The molecule has 0 unspecified atom stereocenters. The number of nitrogens with one attached hydrogen (secondary N) is 1. The Morgan fingerprint density at radius 2 is 1.66 bits per heavy atom. The average Bonchev–Trinajstić information content (AvgIpc) is 2.76.